The van der Waals surface area contributed by atoms with Crippen LogP contribution in [-0.2, 0) is 0 Å². The van der Waals surface area contributed by atoms with E-state index in [9.17, 15) is 14.7 Å². The molecule has 0 aromatic heterocycles. The highest BCUT2D eigenvalue weighted by atomic mass is 16.5. The molecule has 7 nitrogen and oxygen atoms in total. The lowest BCUT2D eigenvalue weighted by Crippen LogP contribution is -2.56. The first-order chi connectivity index (χ1) is 16.8. The molecule has 7 heteroatoms. The van der Waals surface area contributed by atoms with Crippen LogP contribution in [0.25, 0.3) is 0 Å². The summed E-state index contributed by atoms with van der Waals surface area (Å²) in [7, 11) is 0. The molecule has 192 valence electrons. The Labute approximate surface area is 209 Å². The van der Waals surface area contributed by atoms with Gasteiger partial charge in [0.25, 0.3) is 5.91 Å². The highest BCUT2D eigenvalue weighted by molar-refractivity contribution is 5.94. The van der Waals surface area contributed by atoms with Crippen molar-refractivity contribution in [1.29, 1.82) is 0 Å². The Hall–Kier alpha value is -2.28. The van der Waals surface area contributed by atoms with Gasteiger partial charge in [0, 0.05) is 31.2 Å². The van der Waals surface area contributed by atoms with Gasteiger partial charge in [0.05, 0.1) is 12.2 Å². The summed E-state index contributed by atoms with van der Waals surface area (Å²) in [6, 6.07) is 7.59. The molecule has 4 bridgehead atoms. The van der Waals surface area contributed by atoms with Gasteiger partial charge in [0.1, 0.15) is 5.75 Å². The fourth-order valence-corrected chi connectivity index (χ4v) is 7.29. The molecular formula is C28H41N3O4. The van der Waals surface area contributed by atoms with Gasteiger partial charge in [-0.15, -0.1) is 0 Å². The highest BCUT2D eigenvalue weighted by Crippen LogP contribution is 2.58. The second-order valence-corrected chi connectivity index (χ2v) is 11.9. The third kappa shape index (κ3) is 5.60. The van der Waals surface area contributed by atoms with Crippen molar-refractivity contribution in [2.45, 2.75) is 70.4 Å². The number of amides is 3. The number of benzene rings is 1. The van der Waals surface area contributed by atoms with Crippen molar-refractivity contribution in [3.8, 4) is 5.75 Å². The standard InChI is InChI=1S/C28H41N3O4/c1-18(2)30-27(33)31-9-7-19(8-10-31)17-35-24-5-3-21(4-6-24)26(32)29-16-25-22-11-20-12-23(25)15-28(34,13-20)14-22/h3-6,18-20,22-23,25,34H,7-17H2,1-2H3,(H,29,32)(H,30,33). The van der Waals surface area contributed by atoms with E-state index in [2.05, 4.69) is 10.6 Å². The van der Waals surface area contributed by atoms with Crippen LogP contribution in [0.5, 0.6) is 5.75 Å². The molecule has 0 radical (unpaired) electrons. The van der Waals surface area contributed by atoms with Crippen LogP contribution in [0.1, 0.15) is 69.2 Å². The number of piperidine rings is 1. The van der Waals surface area contributed by atoms with Crippen LogP contribution < -0.4 is 15.4 Å². The van der Waals surface area contributed by atoms with Gasteiger partial charge in [-0.25, -0.2) is 4.79 Å². The predicted molar refractivity (Wildman–Crippen MR) is 134 cm³/mol. The molecule has 6 rings (SSSR count). The van der Waals surface area contributed by atoms with Gasteiger partial charge in [-0.05, 0) is 113 Å². The number of nitrogens with zero attached hydrogens (tertiary/aromatic N) is 1. The van der Waals surface area contributed by atoms with Crippen molar-refractivity contribution in [2.75, 3.05) is 26.2 Å². The normalized spacial score (nSPS) is 32.1. The van der Waals surface area contributed by atoms with Gasteiger partial charge in [-0.1, -0.05) is 0 Å². The fourth-order valence-electron chi connectivity index (χ4n) is 7.29. The molecule has 3 amide bonds. The van der Waals surface area contributed by atoms with E-state index in [0.29, 0.717) is 48.3 Å². The van der Waals surface area contributed by atoms with E-state index in [1.54, 1.807) is 0 Å². The molecule has 1 heterocycles. The zero-order valence-electron chi connectivity index (χ0n) is 21.2. The number of hydrogen-bond donors (Lipinski definition) is 3. The van der Waals surface area contributed by atoms with Crippen molar-refractivity contribution < 1.29 is 19.4 Å². The summed E-state index contributed by atoms with van der Waals surface area (Å²) < 4.78 is 6.00. The molecule has 1 aliphatic heterocycles. The molecule has 1 saturated heterocycles. The summed E-state index contributed by atoms with van der Waals surface area (Å²) in [6.45, 7) is 6.81. The smallest absolute Gasteiger partial charge is 0.317 e. The molecule has 0 spiro atoms. The van der Waals surface area contributed by atoms with Gasteiger partial charge < -0.3 is 25.4 Å². The Morgan fingerprint density at radius 1 is 1.09 bits per heavy atom. The van der Waals surface area contributed by atoms with Crippen LogP contribution in [0.15, 0.2) is 24.3 Å². The molecule has 5 aliphatic rings. The zero-order chi connectivity index (χ0) is 24.6. The summed E-state index contributed by atoms with van der Waals surface area (Å²) in [4.78, 5) is 26.8. The van der Waals surface area contributed by atoms with Gasteiger partial charge in [0.2, 0.25) is 0 Å². The number of aliphatic hydroxyl groups is 1. The lowest BCUT2D eigenvalue weighted by Gasteiger charge is -2.58. The molecule has 2 unspecified atom stereocenters. The lowest BCUT2D eigenvalue weighted by molar-refractivity contribution is -0.150. The van der Waals surface area contributed by atoms with Crippen LogP contribution in [-0.4, -0.2) is 59.8 Å². The van der Waals surface area contributed by atoms with Crippen LogP contribution in [0.2, 0.25) is 0 Å². The van der Waals surface area contributed by atoms with Crippen LogP contribution in [0.3, 0.4) is 0 Å². The van der Waals surface area contributed by atoms with E-state index in [4.69, 9.17) is 4.74 Å². The number of urea groups is 1. The predicted octanol–water partition coefficient (Wildman–Crippen LogP) is 3.81. The van der Waals surface area contributed by atoms with Gasteiger partial charge in [0.15, 0.2) is 0 Å². The van der Waals surface area contributed by atoms with Crippen LogP contribution >= 0.6 is 0 Å². The van der Waals surface area contributed by atoms with E-state index in [0.717, 1.165) is 50.9 Å². The zero-order valence-corrected chi connectivity index (χ0v) is 21.2. The monoisotopic (exact) mass is 483 g/mol. The topological polar surface area (TPSA) is 90.9 Å². The first-order valence-electron chi connectivity index (χ1n) is 13.6. The Kier molecular flexibility index (Phi) is 6.97. The molecule has 1 aromatic carbocycles. The Balaban J connectivity index is 1.04. The van der Waals surface area contributed by atoms with E-state index >= 15 is 0 Å². The van der Waals surface area contributed by atoms with Crippen molar-refractivity contribution in [1.82, 2.24) is 15.5 Å². The number of carbonyl (C=O) groups is 2. The van der Waals surface area contributed by atoms with Crippen LogP contribution in [0.4, 0.5) is 4.79 Å². The number of hydrogen-bond acceptors (Lipinski definition) is 4. The van der Waals surface area contributed by atoms with Crippen molar-refractivity contribution in [3.63, 3.8) is 0 Å². The molecule has 1 aromatic rings. The number of likely N-dealkylation sites (tertiary alicyclic amines) is 1. The second-order valence-electron chi connectivity index (χ2n) is 11.9. The van der Waals surface area contributed by atoms with Crippen molar-refractivity contribution >= 4 is 11.9 Å². The summed E-state index contributed by atoms with van der Waals surface area (Å²) in [5.74, 6) is 3.47. The van der Waals surface area contributed by atoms with E-state index < -0.39 is 5.60 Å². The number of carbonyl (C=O) groups excluding carboxylic acids is 2. The fraction of sp³-hybridized carbons (Fsp3) is 0.714. The molecule has 35 heavy (non-hydrogen) atoms. The average Bonchev–Trinajstić information content (AvgIpc) is 2.81. The molecular weight excluding hydrogens is 442 g/mol. The summed E-state index contributed by atoms with van der Waals surface area (Å²) in [6.07, 6.45) is 7.13. The van der Waals surface area contributed by atoms with E-state index in [-0.39, 0.29) is 18.0 Å². The van der Waals surface area contributed by atoms with Gasteiger partial charge >= 0.3 is 6.03 Å². The molecule has 5 fully saturated rings. The third-order valence-electron chi connectivity index (χ3n) is 8.85. The molecule has 2 atom stereocenters. The Bertz CT molecular complexity index is 893. The lowest BCUT2D eigenvalue weighted by atomic mass is 9.50. The van der Waals surface area contributed by atoms with E-state index in [1.165, 1.54) is 12.8 Å². The average molecular weight is 484 g/mol. The molecule has 4 saturated carbocycles. The molecule has 3 N–H and O–H groups in total. The summed E-state index contributed by atoms with van der Waals surface area (Å²) in [5.41, 5.74) is 0.232. The first kappa shape index (κ1) is 24.4. The molecule has 4 aliphatic carbocycles. The quantitative estimate of drug-likeness (QED) is 0.550. The Morgan fingerprint density at radius 2 is 1.74 bits per heavy atom. The SMILES string of the molecule is CC(C)NC(=O)N1CCC(COc2ccc(C(=O)NCC3C4CC5CC3CC(O)(C5)C4)cc2)CC1. The van der Waals surface area contributed by atoms with Gasteiger partial charge in [-0.3, -0.25) is 4.79 Å². The maximum absolute atomic E-state index is 12.8. The Morgan fingerprint density at radius 3 is 2.34 bits per heavy atom. The number of ether oxygens (including phenoxy) is 1. The van der Waals surface area contributed by atoms with Gasteiger partial charge in [-0.2, -0.15) is 0 Å². The minimum absolute atomic E-state index is 0.0221. The highest BCUT2D eigenvalue weighted by Gasteiger charge is 2.54. The van der Waals surface area contributed by atoms with Crippen LogP contribution in [0, 0.1) is 29.6 Å². The maximum Gasteiger partial charge on any atom is 0.317 e. The summed E-state index contributed by atoms with van der Waals surface area (Å²) in [5, 5.41) is 16.9. The van der Waals surface area contributed by atoms with E-state index in [1.807, 2.05) is 43.0 Å². The largest absolute Gasteiger partial charge is 0.493 e. The maximum atomic E-state index is 12.8. The number of rotatable bonds is 7. The minimum atomic E-state index is -0.424. The number of nitrogens with one attached hydrogen (secondary N) is 2. The minimum Gasteiger partial charge on any atom is -0.493 e. The first-order valence-corrected chi connectivity index (χ1v) is 13.6. The van der Waals surface area contributed by atoms with Crippen molar-refractivity contribution in [3.05, 3.63) is 29.8 Å². The van der Waals surface area contributed by atoms with Crippen molar-refractivity contribution in [2.24, 2.45) is 29.6 Å². The third-order valence-corrected chi connectivity index (χ3v) is 8.85. The second kappa shape index (κ2) is 10.00. The summed E-state index contributed by atoms with van der Waals surface area (Å²) >= 11 is 0.